The molecule has 0 fully saturated rings. The Morgan fingerprint density at radius 2 is 2.20 bits per heavy atom. The van der Waals surface area contributed by atoms with Gasteiger partial charge in [-0.1, -0.05) is 26.1 Å². The number of carboxylic acids is 1. The van der Waals surface area contributed by atoms with Crippen molar-refractivity contribution in [1.82, 2.24) is 5.32 Å². The summed E-state index contributed by atoms with van der Waals surface area (Å²) in [6, 6.07) is 0. The summed E-state index contributed by atoms with van der Waals surface area (Å²) in [7, 11) is 5.35. The average Bonchev–Trinajstić information content (AvgIpc) is 2.18. The minimum atomic E-state index is -1.15. The monoisotopic (exact) mass is 212 g/mol. The molecule has 86 valence electrons. The molecule has 0 aromatic rings. The lowest BCUT2D eigenvalue weighted by atomic mass is 9.90. The van der Waals surface area contributed by atoms with Gasteiger partial charge >= 0.3 is 5.97 Å². The molecule has 0 aromatic carbocycles. The fourth-order valence-corrected chi connectivity index (χ4v) is 1.34. The van der Waals surface area contributed by atoms with Gasteiger partial charge in [-0.25, -0.2) is 0 Å². The maximum atomic E-state index is 11.0. The van der Waals surface area contributed by atoms with E-state index in [4.69, 9.17) is 18.7 Å². The van der Waals surface area contributed by atoms with Gasteiger partial charge in [0.1, 0.15) is 5.54 Å². The third kappa shape index (κ3) is 5.79. The number of unbranched alkanes of at least 4 members (excludes halogenated alkanes) is 1. The predicted molar refractivity (Wildman–Crippen MR) is 62.1 cm³/mol. The maximum Gasteiger partial charge on any atom is 0.325 e. The van der Waals surface area contributed by atoms with E-state index in [1.165, 1.54) is 0 Å². The average molecular weight is 212 g/mol. The number of hydrogen-bond donors (Lipinski definition) is 3. The van der Waals surface area contributed by atoms with Crippen LogP contribution >= 0.6 is 0 Å². The lowest BCUT2D eigenvalue weighted by molar-refractivity contribution is -0.143. The molecule has 1 unspecified atom stereocenters. The van der Waals surface area contributed by atoms with Crippen LogP contribution in [0.25, 0.3) is 0 Å². The predicted octanol–water partition coefficient (Wildman–Crippen LogP) is 0.525. The van der Waals surface area contributed by atoms with Gasteiger partial charge < -0.3 is 16.2 Å². The Labute approximate surface area is 93.0 Å². The molecule has 4 nitrogen and oxygen atoms in total. The van der Waals surface area contributed by atoms with Crippen molar-refractivity contribution in [1.29, 1.82) is 0 Å². The third-order valence-electron chi connectivity index (χ3n) is 2.37. The fourth-order valence-electron chi connectivity index (χ4n) is 1.34. The molecule has 0 bridgehead atoms. The van der Waals surface area contributed by atoms with E-state index in [2.05, 4.69) is 5.32 Å². The minimum absolute atomic E-state index is 0.320. The highest BCUT2D eigenvalue weighted by Gasteiger charge is 2.32. The molecular formula is C10H21BN2O2. The Balaban J connectivity index is 4.01. The van der Waals surface area contributed by atoms with E-state index in [0.717, 1.165) is 25.8 Å². The van der Waals surface area contributed by atoms with Crippen molar-refractivity contribution in [3.8, 4) is 0 Å². The molecular weight excluding hydrogens is 191 g/mol. The Morgan fingerprint density at radius 3 is 2.67 bits per heavy atom. The van der Waals surface area contributed by atoms with Crippen LogP contribution in [-0.2, 0) is 4.79 Å². The first-order valence-corrected chi connectivity index (χ1v) is 5.50. The van der Waals surface area contributed by atoms with Gasteiger partial charge in [-0.15, -0.1) is 0 Å². The number of nitrogens with two attached hydrogens (primary N) is 1. The van der Waals surface area contributed by atoms with Gasteiger partial charge in [-0.05, 0) is 19.4 Å². The number of carbonyl (C=O) groups is 1. The van der Waals surface area contributed by atoms with Crippen molar-refractivity contribution >= 4 is 13.8 Å². The molecule has 2 radical (unpaired) electrons. The zero-order chi connectivity index (χ0) is 11.7. The molecule has 0 aliphatic carbocycles. The second-order valence-electron chi connectivity index (χ2n) is 3.88. The topological polar surface area (TPSA) is 75.3 Å². The molecule has 0 aliphatic rings. The van der Waals surface area contributed by atoms with E-state index >= 15 is 0 Å². The Kier molecular flexibility index (Phi) is 7.43. The molecule has 4 N–H and O–H groups in total. The minimum Gasteiger partial charge on any atom is -0.480 e. The van der Waals surface area contributed by atoms with Crippen molar-refractivity contribution < 1.29 is 9.90 Å². The van der Waals surface area contributed by atoms with E-state index in [-0.39, 0.29) is 0 Å². The Bertz CT molecular complexity index is 178. The van der Waals surface area contributed by atoms with Crippen LogP contribution in [-0.4, -0.2) is 37.6 Å². The first-order valence-electron chi connectivity index (χ1n) is 5.50. The molecule has 5 heteroatoms. The quantitative estimate of drug-likeness (QED) is 0.385. The number of aliphatic carboxylic acids is 1. The lowest BCUT2D eigenvalue weighted by Crippen LogP contribution is -2.55. The van der Waals surface area contributed by atoms with Crippen LogP contribution in [0.1, 0.15) is 32.6 Å². The normalized spacial score (nSPS) is 14.8. The number of hydrogen-bond acceptors (Lipinski definition) is 3. The van der Waals surface area contributed by atoms with Crippen LogP contribution in [0.4, 0.5) is 0 Å². The van der Waals surface area contributed by atoms with Crippen LogP contribution in [0.2, 0.25) is 6.32 Å². The SMILES string of the molecule is [B]CCCCC(N)(CNCCC)C(=O)O. The summed E-state index contributed by atoms with van der Waals surface area (Å²) in [5.41, 5.74) is 4.67. The van der Waals surface area contributed by atoms with Gasteiger partial charge in [0.2, 0.25) is 0 Å². The Morgan fingerprint density at radius 1 is 1.53 bits per heavy atom. The van der Waals surface area contributed by atoms with E-state index in [9.17, 15) is 4.79 Å². The first-order chi connectivity index (χ1) is 7.06. The zero-order valence-electron chi connectivity index (χ0n) is 9.46. The summed E-state index contributed by atoms with van der Waals surface area (Å²) in [5.74, 6) is -0.942. The van der Waals surface area contributed by atoms with E-state index < -0.39 is 11.5 Å². The smallest absolute Gasteiger partial charge is 0.325 e. The van der Waals surface area contributed by atoms with Crippen LogP contribution in [0, 0.1) is 0 Å². The molecule has 0 amide bonds. The highest BCUT2D eigenvalue weighted by Crippen LogP contribution is 2.12. The van der Waals surface area contributed by atoms with Gasteiger partial charge in [-0.3, -0.25) is 4.79 Å². The fraction of sp³-hybridized carbons (Fsp3) is 0.900. The molecule has 0 saturated heterocycles. The van der Waals surface area contributed by atoms with Crippen molar-refractivity contribution in [2.75, 3.05) is 13.1 Å². The summed E-state index contributed by atoms with van der Waals surface area (Å²) >= 11 is 0. The third-order valence-corrected chi connectivity index (χ3v) is 2.37. The Hall–Kier alpha value is -0.545. The summed E-state index contributed by atoms with van der Waals surface area (Å²) in [4.78, 5) is 11.0. The summed E-state index contributed by atoms with van der Waals surface area (Å²) in [6.45, 7) is 3.14. The number of rotatable bonds is 9. The van der Waals surface area contributed by atoms with E-state index in [1.54, 1.807) is 0 Å². The van der Waals surface area contributed by atoms with Gasteiger partial charge in [0.15, 0.2) is 0 Å². The van der Waals surface area contributed by atoms with Gasteiger partial charge in [0, 0.05) is 6.54 Å². The zero-order valence-corrected chi connectivity index (χ0v) is 9.46. The van der Waals surface area contributed by atoms with E-state index in [0.29, 0.717) is 19.3 Å². The van der Waals surface area contributed by atoms with Crippen LogP contribution in [0.15, 0.2) is 0 Å². The maximum absolute atomic E-state index is 11.0. The van der Waals surface area contributed by atoms with Crippen LogP contribution in [0.3, 0.4) is 0 Å². The van der Waals surface area contributed by atoms with Crippen molar-refractivity contribution in [3.63, 3.8) is 0 Å². The highest BCUT2D eigenvalue weighted by atomic mass is 16.4. The molecule has 0 spiro atoms. The number of nitrogens with one attached hydrogen (secondary N) is 1. The van der Waals surface area contributed by atoms with E-state index in [1.807, 2.05) is 6.92 Å². The van der Waals surface area contributed by atoms with Gasteiger partial charge in [0.05, 0.1) is 7.85 Å². The molecule has 0 saturated carbocycles. The molecule has 0 rings (SSSR count). The van der Waals surface area contributed by atoms with Crippen molar-refractivity contribution in [2.24, 2.45) is 5.73 Å². The second-order valence-corrected chi connectivity index (χ2v) is 3.88. The first kappa shape index (κ1) is 14.5. The van der Waals surface area contributed by atoms with Crippen LogP contribution in [0.5, 0.6) is 0 Å². The molecule has 1 atom stereocenters. The number of carboxylic acid groups (broad SMARTS) is 1. The molecule has 0 aliphatic heterocycles. The summed E-state index contributed by atoms with van der Waals surface area (Å²) < 4.78 is 0. The lowest BCUT2D eigenvalue weighted by Gasteiger charge is -2.25. The molecule has 0 aromatic heterocycles. The highest BCUT2D eigenvalue weighted by molar-refractivity contribution is 6.08. The summed E-state index contributed by atoms with van der Waals surface area (Å²) in [6.07, 6.45) is 3.60. The largest absolute Gasteiger partial charge is 0.480 e. The summed E-state index contributed by atoms with van der Waals surface area (Å²) in [5, 5.41) is 12.1. The van der Waals surface area contributed by atoms with Gasteiger partial charge in [-0.2, -0.15) is 0 Å². The second kappa shape index (κ2) is 7.71. The van der Waals surface area contributed by atoms with Crippen LogP contribution < -0.4 is 11.1 Å². The van der Waals surface area contributed by atoms with Crippen molar-refractivity contribution in [3.05, 3.63) is 0 Å². The molecule has 15 heavy (non-hydrogen) atoms. The van der Waals surface area contributed by atoms with Gasteiger partial charge in [0.25, 0.3) is 0 Å². The molecule has 0 heterocycles. The van der Waals surface area contributed by atoms with Crippen molar-refractivity contribution in [2.45, 2.75) is 44.5 Å². The standard InChI is InChI=1S/C10H21BN2O2/c1-2-7-13-8-10(12,9(14)15)5-3-4-6-11/h13H,2-8,12H2,1H3,(H,14,15).